The molecule has 0 aliphatic heterocycles. The van der Waals surface area contributed by atoms with Crippen LogP contribution in [0.2, 0.25) is 0 Å². The molecule has 11 heteroatoms. The van der Waals surface area contributed by atoms with Gasteiger partial charge >= 0.3 is 6.18 Å². The SMILES string of the molecule is O=c1[nH]c2nonc2cc1Nc1cc(F)c(C(F)(F)F)cc1F. The van der Waals surface area contributed by atoms with E-state index in [-0.39, 0.29) is 22.9 Å². The summed E-state index contributed by atoms with van der Waals surface area (Å²) in [6.45, 7) is 0. The largest absolute Gasteiger partial charge is 0.419 e. The van der Waals surface area contributed by atoms with Gasteiger partial charge in [-0.15, -0.1) is 0 Å². The van der Waals surface area contributed by atoms with Gasteiger partial charge in [0.1, 0.15) is 17.3 Å². The first-order valence-electron chi connectivity index (χ1n) is 5.94. The molecule has 23 heavy (non-hydrogen) atoms. The lowest BCUT2D eigenvalue weighted by Crippen LogP contribution is -2.13. The molecule has 0 aliphatic carbocycles. The highest BCUT2D eigenvalue weighted by Gasteiger charge is 2.35. The summed E-state index contributed by atoms with van der Waals surface area (Å²) in [5, 5.41) is 9.01. The van der Waals surface area contributed by atoms with Gasteiger partial charge in [0, 0.05) is 12.1 Å². The zero-order valence-electron chi connectivity index (χ0n) is 10.8. The van der Waals surface area contributed by atoms with Gasteiger partial charge in [0.2, 0.25) is 5.65 Å². The molecule has 2 heterocycles. The van der Waals surface area contributed by atoms with Gasteiger partial charge in [0.05, 0.1) is 11.3 Å². The molecule has 0 saturated heterocycles. The van der Waals surface area contributed by atoms with Crippen molar-refractivity contribution >= 4 is 22.5 Å². The summed E-state index contributed by atoms with van der Waals surface area (Å²) >= 11 is 0. The molecule has 2 N–H and O–H groups in total. The topological polar surface area (TPSA) is 83.8 Å². The smallest absolute Gasteiger partial charge is 0.348 e. The standard InChI is InChI=1S/C12H5F5N4O2/c13-5-2-7(6(14)1-4(5)12(15,16)17)18-9-3-8-10(19-11(9)22)21-23-20-8/h1-3,18H,(H,19,21,22). The fourth-order valence-corrected chi connectivity index (χ4v) is 1.85. The number of fused-ring (bicyclic) bond motifs is 1. The number of pyridine rings is 1. The monoisotopic (exact) mass is 332 g/mol. The van der Waals surface area contributed by atoms with E-state index in [1.165, 1.54) is 0 Å². The van der Waals surface area contributed by atoms with Gasteiger partial charge in [0.25, 0.3) is 5.56 Å². The first-order chi connectivity index (χ1) is 10.8. The van der Waals surface area contributed by atoms with E-state index in [0.717, 1.165) is 6.07 Å². The van der Waals surface area contributed by atoms with Crippen LogP contribution in [0.5, 0.6) is 0 Å². The second-order valence-electron chi connectivity index (χ2n) is 4.44. The molecule has 0 amide bonds. The summed E-state index contributed by atoms with van der Waals surface area (Å²) < 4.78 is 69.0. The number of anilines is 2. The van der Waals surface area contributed by atoms with Crippen LogP contribution in [0.3, 0.4) is 0 Å². The van der Waals surface area contributed by atoms with Gasteiger partial charge in [-0.1, -0.05) is 0 Å². The highest BCUT2D eigenvalue weighted by molar-refractivity contribution is 5.74. The van der Waals surface area contributed by atoms with Gasteiger partial charge in [0.15, 0.2) is 5.52 Å². The van der Waals surface area contributed by atoms with E-state index in [1.807, 2.05) is 0 Å². The van der Waals surface area contributed by atoms with Crippen LogP contribution < -0.4 is 10.9 Å². The van der Waals surface area contributed by atoms with Gasteiger partial charge in [-0.2, -0.15) is 13.2 Å². The molecule has 0 aliphatic rings. The maximum Gasteiger partial charge on any atom is 0.419 e. The summed E-state index contributed by atoms with van der Waals surface area (Å²) in [7, 11) is 0. The average Bonchev–Trinajstić information content (AvgIpc) is 2.88. The first-order valence-corrected chi connectivity index (χ1v) is 5.94. The van der Waals surface area contributed by atoms with Crippen LogP contribution in [0.4, 0.5) is 33.3 Å². The molecule has 0 atom stereocenters. The van der Waals surface area contributed by atoms with Crippen molar-refractivity contribution < 1.29 is 26.6 Å². The van der Waals surface area contributed by atoms with Crippen LogP contribution in [0.25, 0.3) is 11.2 Å². The minimum Gasteiger partial charge on any atom is -0.348 e. The molecule has 2 aromatic heterocycles. The highest BCUT2D eigenvalue weighted by atomic mass is 19.4. The Balaban J connectivity index is 2.03. The Morgan fingerprint density at radius 1 is 1.04 bits per heavy atom. The van der Waals surface area contributed by atoms with Crippen LogP contribution in [-0.2, 0) is 6.18 Å². The van der Waals surface area contributed by atoms with Crippen LogP contribution >= 0.6 is 0 Å². The Hall–Kier alpha value is -2.98. The molecule has 3 rings (SSSR count). The predicted molar refractivity (Wildman–Crippen MR) is 67.1 cm³/mol. The van der Waals surface area contributed by atoms with E-state index in [9.17, 15) is 26.7 Å². The first kappa shape index (κ1) is 14.9. The number of nitrogens with zero attached hydrogens (tertiary/aromatic N) is 2. The Morgan fingerprint density at radius 3 is 2.48 bits per heavy atom. The summed E-state index contributed by atoms with van der Waals surface area (Å²) in [5.41, 5.74) is -3.29. The van der Waals surface area contributed by atoms with E-state index in [4.69, 9.17) is 0 Å². The van der Waals surface area contributed by atoms with Crippen LogP contribution in [0, 0.1) is 11.6 Å². The predicted octanol–water partition coefficient (Wildman–Crippen LogP) is 2.95. The number of halogens is 5. The van der Waals surface area contributed by atoms with Crippen LogP contribution in [0.1, 0.15) is 5.56 Å². The number of hydrogen-bond donors (Lipinski definition) is 2. The van der Waals surface area contributed by atoms with E-state index in [2.05, 4.69) is 25.2 Å². The number of H-pyrrole nitrogens is 1. The molecule has 0 unspecified atom stereocenters. The van der Waals surface area contributed by atoms with Crippen molar-refractivity contribution in [3.63, 3.8) is 0 Å². The van der Waals surface area contributed by atoms with E-state index in [0.29, 0.717) is 6.07 Å². The third-order valence-electron chi connectivity index (χ3n) is 2.90. The maximum atomic E-state index is 13.7. The minimum atomic E-state index is -5.04. The number of aromatic nitrogens is 3. The van der Waals surface area contributed by atoms with Gasteiger partial charge < -0.3 is 10.3 Å². The molecule has 1 aromatic carbocycles. The van der Waals surface area contributed by atoms with Crippen molar-refractivity contribution in [2.45, 2.75) is 6.18 Å². The fraction of sp³-hybridized carbons (Fsp3) is 0.0833. The molecule has 3 aromatic rings. The van der Waals surface area contributed by atoms with Crippen molar-refractivity contribution in [3.8, 4) is 0 Å². The molecule has 0 fully saturated rings. The summed E-state index contributed by atoms with van der Waals surface area (Å²) in [6.07, 6.45) is -5.04. The molecule has 6 nitrogen and oxygen atoms in total. The molecular weight excluding hydrogens is 327 g/mol. The van der Waals surface area contributed by atoms with E-state index < -0.39 is 34.6 Å². The Morgan fingerprint density at radius 2 is 1.78 bits per heavy atom. The van der Waals surface area contributed by atoms with Crippen molar-refractivity contribution in [2.24, 2.45) is 0 Å². The average molecular weight is 332 g/mol. The lowest BCUT2D eigenvalue weighted by molar-refractivity contribution is -0.140. The number of aromatic amines is 1. The molecule has 0 bridgehead atoms. The highest BCUT2D eigenvalue weighted by Crippen LogP contribution is 2.34. The zero-order chi connectivity index (χ0) is 16.8. The summed E-state index contributed by atoms with van der Waals surface area (Å²) in [5.74, 6) is -3.06. The van der Waals surface area contributed by atoms with Gasteiger partial charge in [-0.05, 0) is 16.4 Å². The molecule has 0 radical (unpaired) electrons. The van der Waals surface area contributed by atoms with Crippen LogP contribution in [-0.4, -0.2) is 15.3 Å². The normalized spacial score (nSPS) is 11.9. The van der Waals surface area contributed by atoms with Gasteiger partial charge in [-0.3, -0.25) is 4.79 Å². The molecule has 0 saturated carbocycles. The van der Waals surface area contributed by atoms with Gasteiger partial charge in [-0.25, -0.2) is 13.4 Å². The third-order valence-corrected chi connectivity index (χ3v) is 2.90. The van der Waals surface area contributed by atoms with Crippen LogP contribution in [0.15, 0.2) is 27.6 Å². The maximum absolute atomic E-state index is 13.7. The van der Waals surface area contributed by atoms with Crippen molar-refractivity contribution in [2.75, 3.05) is 5.32 Å². The van der Waals surface area contributed by atoms with E-state index >= 15 is 0 Å². The fourth-order valence-electron chi connectivity index (χ4n) is 1.85. The number of alkyl halides is 3. The number of rotatable bonds is 2. The number of nitrogens with one attached hydrogen (secondary N) is 2. The summed E-state index contributed by atoms with van der Waals surface area (Å²) in [6, 6.07) is 1.44. The minimum absolute atomic E-state index is 0.00203. The molecule has 120 valence electrons. The van der Waals surface area contributed by atoms with Crippen molar-refractivity contribution in [1.29, 1.82) is 0 Å². The number of hydrogen-bond acceptors (Lipinski definition) is 5. The number of benzene rings is 1. The zero-order valence-corrected chi connectivity index (χ0v) is 10.8. The second kappa shape index (κ2) is 5.04. The quantitative estimate of drug-likeness (QED) is 0.705. The lowest BCUT2D eigenvalue weighted by Gasteiger charge is -2.11. The Bertz CT molecular complexity index is 947. The second-order valence-corrected chi connectivity index (χ2v) is 4.44. The summed E-state index contributed by atoms with van der Waals surface area (Å²) in [4.78, 5) is 14.0. The lowest BCUT2D eigenvalue weighted by atomic mass is 10.1. The Kier molecular flexibility index (Phi) is 3.27. The third kappa shape index (κ3) is 2.72. The van der Waals surface area contributed by atoms with Crippen molar-refractivity contribution in [1.82, 2.24) is 15.3 Å². The Labute approximate surface area is 122 Å². The van der Waals surface area contributed by atoms with E-state index in [1.54, 1.807) is 0 Å². The molecular formula is C12H5F5N4O2. The van der Waals surface area contributed by atoms with Crippen molar-refractivity contribution in [3.05, 3.63) is 45.8 Å². The molecule has 0 spiro atoms.